The van der Waals surface area contributed by atoms with E-state index in [0.29, 0.717) is 31.6 Å². The van der Waals surface area contributed by atoms with Crippen molar-refractivity contribution >= 4 is 39.5 Å². The number of carbonyl (C=O) groups excluding carboxylic acids is 4. The molecule has 0 saturated heterocycles. The topological polar surface area (TPSA) is 237 Å². The molecule has 0 aliphatic rings. The summed E-state index contributed by atoms with van der Waals surface area (Å²) < 4.78 is 68.1. The lowest BCUT2D eigenvalue weighted by Gasteiger charge is -2.21. The van der Waals surface area contributed by atoms with Crippen LogP contribution in [0, 0.1) is 23.7 Å². The number of ether oxygens (including phenoxy) is 4. The summed E-state index contributed by atoms with van der Waals surface area (Å²) in [6.07, 6.45) is 36.3. The molecular weight excluding hydrogens is 1130 g/mol. The number of phosphoric ester groups is 2. The second-order valence-corrected chi connectivity index (χ2v) is 28.4. The SMILES string of the molecule is CCC(C)CCCCCCCCC(=O)OC[C@H](COP(=O)(O)OC[C@H](O)COP(=O)(O)OC[C@@H](COC(=O)CCCCCCCCC(C)C)OC(=O)CCCCCCCCCCCCC(C)C)OC(=O)CCCCCCCCCCCCC(C)C. The molecule has 3 unspecified atom stereocenters. The third-order valence-corrected chi connectivity index (χ3v) is 17.3. The van der Waals surface area contributed by atoms with Gasteiger partial charge in [-0.2, -0.15) is 0 Å². The highest BCUT2D eigenvalue weighted by Gasteiger charge is 2.30. The molecule has 19 heteroatoms. The lowest BCUT2D eigenvalue weighted by atomic mass is 10.00. The highest BCUT2D eigenvalue weighted by atomic mass is 31.2. The Bertz CT molecular complexity index is 1700. The summed E-state index contributed by atoms with van der Waals surface area (Å²) in [6.45, 7) is 14.0. The summed E-state index contributed by atoms with van der Waals surface area (Å²) in [5, 5.41) is 10.5. The van der Waals surface area contributed by atoms with Crippen LogP contribution in [0.1, 0.15) is 319 Å². The molecule has 85 heavy (non-hydrogen) atoms. The van der Waals surface area contributed by atoms with Crippen LogP contribution >= 0.6 is 15.6 Å². The lowest BCUT2D eigenvalue weighted by Crippen LogP contribution is -2.30. The van der Waals surface area contributed by atoms with Gasteiger partial charge in [0.15, 0.2) is 12.2 Å². The lowest BCUT2D eigenvalue weighted by molar-refractivity contribution is -0.161. The number of hydrogen-bond acceptors (Lipinski definition) is 15. The van der Waals surface area contributed by atoms with Crippen LogP contribution in [-0.2, 0) is 65.4 Å². The van der Waals surface area contributed by atoms with Gasteiger partial charge in [-0.3, -0.25) is 37.3 Å². The Balaban J connectivity index is 5.25. The Morgan fingerprint density at radius 3 is 0.835 bits per heavy atom. The van der Waals surface area contributed by atoms with Crippen LogP contribution in [-0.4, -0.2) is 96.7 Å². The molecule has 0 fully saturated rings. The minimum Gasteiger partial charge on any atom is -0.462 e. The molecule has 0 radical (unpaired) electrons. The molecule has 504 valence electrons. The van der Waals surface area contributed by atoms with Gasteiger partial charge in [0.05, 0.1) is 26.4 Å². The molecule has 0 aromatic carbocycles. The summed E-state index contributed by atoms with van der Waals surface area (Å²) in [5.74, 6) is 0.776. The summed E-state index contributed by atoms with van der Waals surface area (Å²) in [6, 6.07) is 0. The van der Waals surface area contributed by atoms with E-state index in [-0.39, 0.29) is 25.7 Å². The number of esters is 4. The van der Waals surface area contributed by atoms with Crippen molar-refractivity contribution in [2.24, 2.45) is 23.7 Å². The van der Waals surface area contributed by atoms with E-state index in [9.17, 15) is 43.2 Å². The van der Waals surface area contributed by atoms with Gasteiger partial charge in [-0.05, 0) is 49.4 Å². The molecule has 0 rings (SSSR count). The van der Waals surface area contributed by atoms with Gasteiger partial charge < -0.3 is 33.8 Å². The molecule has 0 heterocycles. The molecule has 6 atom stereocenters. The molecule has 17 nitrogen and oxygen atoms in total. The number of phosphoric acid groups is 2. The Labute approximate surface area is 517 Å². The molecule has 0 aliphatic carbocycles. The van der Waals surface area contributed by atoms with Crippen LogP contribution in [0.25, 0.3) is 0 Å². The van der Waals surface area contributed by atoms with Crippen molar-refractivity contribution in [2.75, 3.05) is 39.6 Å². The Morgan fingerprint density at radius 1 is 0.329 bits per heavy atom. The standard InChI is InChI=1S/C66H128O17P2/c1-9-59(8)45-37-29-23-25-31-39-47-64(69)77-53-62(83-66(71)49-41-33-21-17-13-11-15-19-27-35-43-57(4)5)55-81-85(74,75)79-51-60(67)50-78-84(72,73)80-54-61(52-76-63(68)46-38-30-24-22-28-36-44-58(6)7)82-65(70)48-40-32-20-16-12-10-14-18-26-34-42-56(2)3/h56-62,67H,9-55H2,1-8H3,(H,72,73)(H,74,75)/t59?,60-,61-,62-/m1/s1. The van der Waals surface area contributed by atoms with Gasteiger partial charge in [0.2, 0.25) is 0 Å². The number of aliphatic hydroxyl groups is 1. The number of unbranched alkanes of at least 4 members (excludes halogenated alkanes) is 28. The quantitative estimate of drug-likeness (QED) is 0.0222. The summed E-state index contributed by atoms with van der Waals surface area (Å²) in [5.41, 5.74) is 0. The zero-order valence-corrected chi connectivity index (χ0v) is 57.0. The van der Waals surface area contributed by atoms with Crippen molar-refractivity contribution in [1.29, 1.82) is 0 Å². The van der Waals surface area contributed by atoms with Gasteiger partial charge >= 0.3 is 39.5 Å². The maximum atomic E-state index is 13.0. The fourth-order valence-electron chi connectivity index (χ4n) is 9.75. The van der Waals surface area contributed by atoms with Gasteiger partial charge in [-0.25, -0.2) is 9.13 Å². The van der Waals surface area contributed by atoms with Gasteiger partial charge in [0.25, 0.3) is 0 Å². The van der Waals surface area contributed by atoms with E-state index >= 15 is 0 Å². The van der Waals surface area contributed by atoms with Crippen molar-refractivity contribution in [3.05, 3.63) is 0 Å². The third kappa shape index (κ3) is 59.5. The molecule has 0 bridgehead atoms. The molecular formula is C66H128O17P2. The molecule has 0 amide bonds. The fourth-order valence-corrected chi connectivity index (χ4v) is 11.3. The molecule has 0 aromatic rings. The highest BCUT2D eigenvalue weighted by molar-refractivity contribution is 7.47. The molecule has 3 N–H and O–H groups in total. The van der Waals surface area contributed by atoms with E-state index < -0.39 is 97.5 Å². The molecule has 0 saturated carbocycles. The van der Waals surface area contributed by atoms with Crippen LogP contribution in [0.2, 0.25) is 0 Å². The minimum absolute atomic E-state index is 0.104. The first kappa shape index (κ1) is 83.1. The van der Waals surface area contributed by atoms with Gasteiger partial charge in [-0.1, -0.05) is 267 Å². The van der Waals surface area contributed by atoms with E-state index in [1.165, 1.54) is 109 Å². The Kier molecular flexibility index (Phi) is 54.8. The van der Waals surface area contributed by atoms with Crippen molar-refractivity contribution < 1.29 is 80.2 Å². The van der Waals surface area contributed by atoms with E-state index in [1.54, 1.807) is 0 Å². The average molecular weight is 1260 g/mol. The second-order valence-electron chi connectivity index (χ2n) is 25.5. The van der Waals surface area contributed by atoms with Crippen LogP contribution in [0.4, 0.5) is 0 Å². The van der Waals surface area contributed by atoms with E-state index in [1.807, 2.05) is 0 Å². The number of hydrogen-bond donors (Lipinski definition) is 3. The Hall–Kier alpha value is -1.94. The molecule has 0 aliphatic heterocycles. The predicted molar refractivity (Wildman–Crippen MR) is 340 cm³/mol. The molecule has 0 aromatic heterocycles. The Morgan fingerprint density at radius 2 is 0.565 bits per heavy atom. The summed E-state index contributed by atoms with van der Waals surface area (Å²) in [7, 11) is -9.89. The molecule has 0 spiro atoms. The van der Waals surface area contributed by atoms with Crippen molar-refractivity contribution in [3.63, 3.8) is 0 Å². The third-order valence-electron chi connectivity index (χ3n) is 15.4. The van der Waals surface area contributed by atoms with Crippen molar-refractivity contribution in [2.45, 2.75) is 337 Å². The zero-order chi connectivity index (χ0) is 63.2. The first-order valence-corrected chi connectivity index (χ1v) is 37.2. The van der Waals surface area contributed by atoms with Crippen molar-refractivity contribution in [1.82, 2.24) is 0 Å². The van der Waals surface area contributed by atoms with Gasteiger partial charge in [0, 0.05) is 25.7 Å². The van der Waals surface area contributed by atoms with E-state index in [4.69, 9.17) is 37.0 Å². The van der Waals surface area contributed by atoms with Crippen LogP contribution < -0.4 is 0 Å². The predicted octanol–water partition coefficient (Wildman–Crippen LogP) is 18.1. The average Bonchev–Trinajstić information content (AvgIpc) is 3.55. The summed E-state index contributed by atoms with van der Waals surface area (Å²) >= 11 is 0. The zero-order valence-electron chi connectivity index (χ0n) is 55.2. The first-order chi connectivity index (χ1) is 40.6. The summed E-state index contributed by atoms with van der Waals surface area (Å²) in [4.78, 5) is 72.3. The number of rotatable bonds is 63. The maximum Gasteiger partial charge on any atom is 0.472 e. The maximum absolute atomic E-state index is 13.0. The van der Waals surface area contributed by atoms with E-state index in [0.717, 1.165) is 120 Å². The van der Waals surface area contributed by atoms with Crippen LogP contribution in [0.15, 0.2) is 0 Å². The smallest absolute Gasteiger partial charge is 0.462 e. The first-order valence-electron chi connectivity index (χ1n) is 34.2. The minimum atomic E-state index is -4.95. The number of carbonyl (C=O) groups is 4. The second kappa shape index (κ2) is 56.1. The monoisotopic (exact) mass is 1250 g/mol. The van der Waals surface area contributed by atoms with Crippen LogP contribution in [0.3, 0.4) is 0 Å². The van der Waals surface area contributed by atoms with Gasteiger partial charge in [0.1, 0.15) is 19.3 Å². The largest absolute Gasteiger partial charge is 0.472 e. The van der Waals surface area contributed by atoms with Gasteiger partial charge in [-0.15, -0.1) is 0 Å². The van der Waals surface area contributed by atoms with E-state index in [2.05, 4.69) is 55.4 Å². The highest BCUT2D eigenvalue weighted by Crippen LogP contribution is 2.45. The van der Waals surface area contributed by atoms with Crippen molar-refractivity contribution in [3.8, 4) is 0 Å². The number of aliphatic hydroxyl groups excluding tert-OH is 1. The normalized spacial score (nSPS) is 14.7. The van der Waals surface area contributed by atoms with Crippen LogP contribution in [0.5, 0.6) is 0 Å². The fraction of sp³-hybridized carbons (Fsp3) is 0.939.